The van der Waals surface area contributed by atoms with Gasteiger partial charge in [-0.3, -0.25) is 14.8 Å². The predicted octanol–water partition coefficient (Wildman–Crippen LogP) is 5.92. The van der Waals surface area contributed by atoms with Crippen molar-refractivity contribution in [3.8, 4) is 22.8 Å². The third-order valence-corrected chi connectivity index (χ3v) is 7.82. The highest BCUT2D eigenvalue weighted by atomic mass is 19.1. The standard InChI is InChI=1S/C32H30F2N6O3/c1-42-25-9-4-21(5-10-25)19-43-31-26(33)14-23(15-27(31)34)32(41)37-17-20-2-7-24(8-3-20)40-18-30(38-39-40)22-6-11-28-29(16-22)36-13-12-35-28/h4-6,9-16,18,20,24H,2-3,7-8,17,19H2,1H3,(H,37,41). The highest BCUT2D eigenvalue weighted by molar-refractivity contribution is 5.94. The average Bonchev–Trinajstić information content (AvgIpc) is 3.54. The van der Waals surface area contributed by atoms with Gasteiger partial charge in [-0.2, -0.15) is 0 Å². The summed E-state index contributed by atoms with van der Waals surface area (Å²) in [7, 11) is 1.55. The fourth-order valence-corrected chi connectivity index (χ4v) is 5.37. The van der Waals surface area contributed by atoms with E-state index in [2.05, 4.69) is 25.6 Å². The third kappa shape index (κ3) is 6.45. The van der Waals surface area contributed by atoms with Crippen LogP contribution in [0.1, 0.15) is 47.6 Å². The van der Waals surface area contributed by atoms with Gasteiger partial charge in [-0.15, -0.1) is 5.10 Å². The van der Waals surface area contributed by atoms with Gasteiger partial charge in [0.05, 0.1) is 30.4 Å². The molecule has 1 aliphatic rings. The Kier molecular flexibility index (Phi) is 8.21. The Labute approximate surface area is 246 Å². The van der Waals surface area contributed by atoms with E-state index in [1.165, 1.54) is 0 Å². The van der Waals surface area contributed by atoms with Gasteiger partial charge in [-0.25, -0.2) is 13.5 Å². The number of benzene rings is 3. The van der Waals surface area contributed by atoms with Crippen molar-refractivity contribution in [2.24, 2.45) is 5.92 Å². The maximum absolute atomic E-state index is 14.7. The van der Waals surface area contributed by atoms with Crippen molar-refractivity contribution >= 4 is 16.9 Å². The van der Waals surface area contributed by atoms with Crippen molar-refractivity contribution in [1.29, 1.82) is 0 Å². The van der Waals surface area contributed by atoms with E-state index in [-0.39, 0.29) is 24.1 Å². The minimum Gasteiger partial charge on any atom is -0.497 e. The molecule has 1 amide bonds. The molecule has 1 saturated carbocycles. The van der Waals surface area contributed by atoms with Crippen molar-refractivity contribution in [2.75, 3.05) is 13.7 Å². The Balaban J connectivity index is 0.995. The van der Waals surface area contributed by atoms with Crippen LogP contribution in [0.3, 0.4) is 0 Å². The summed E-state index contributed by atoms with van der Waals surface area (Å²) in [6.07, 6.45) is 8.82. The van der Waals surface area contributed by atoms with Crippen LogP contribution in [0.5, 0.6) is 11.5 Å². The van der Waals surface area contributed by atoms with Crippen molar-refractivity contribution in [3.63, 3.8) is 0 Å². The number of ether oxygens (including phenoxy) is 2. The van der Waals surface area contributed by atoms with Crippen LogP contribution in [0, 0.1) is 17.6 Å². The molecular formula is C32H30F2N6O3. The molecule has 0 bridgehead atoms. The molecule has 0 aliphatic heterocycles. The van der Waals surface area contributed by atoms with Gasteiger partial charge < -0.3 is 14.8 Å². The van der Waals surface area contributed by atoms with Crippen LogP contribution >= 0.6 is 0 Å². The first-order valence-electron chi connectivity index (χ1n) is 14.1. The normalized spacial score (nSPS) is 16.6. The van der Waals surface area contributed by atoms with Gasteiger partial charge >= 0.3 is 0 Å². The summed E-state index contributed by atoms with van der Waals surface area (Å²) >= 11 is 0. The second-order valence-electron chi connectivity index (χ2n) is 10.6. The lowest BCUT2D eigenvalue weighted by atomic mass is 9.86. The highest BCUT2D eigenvalue weighted by Crippen LogP contribution is 2.32. The topological polar surface area (TPSA) is 104 Å². The van der Waals surface area contributed by atoms with E-state index in [0.29, 0.717) is 12.3 Å². The Morgan fingerprint density at radius 1 is 0.953 bits per heavy atom. The van der Waals surface area contributed by atoms with Crippen LogP contribution in [-0.4, -0.2) is 44.5 Å². The van der Waals surface area contributed by atoms with Crippen molar-refractivity contribution in [3.05, 3.63) is 95.9 Å². The molecule has 1 fully saturated rings. The summed E-state index contributed by atoms with van der Waals surface area (Å²) in [6, 6.07) is 15.0. The quantitative estimate of drug-likeness (QED) is 0.230. The molecule has 0 saturated heterocycles. The smallest absolute Gasteiger partial charge is 0.251 e. The first kappa shape index (κ1) is 28.2. The molecule has 6 rings (SSSR count). The van der Waals surface area contributed by atoms with Gasteiger partial charge in [0.1, 0.15) is 18.1 Å². The number of fused-ring (bicyclic) bond motifs is 1. The maximum atomic E-state index is 14.7. The SMILES string of the molecule is COc1ccc(COc2c(F)cc(C(=O)NCC3CCC(n4cc(-c5ccc6nccnc6c5)nn4)CC3)cc2F)cc1. The minimum atomic E-state index is -0.928. The van der Waals surface area contributed by atoms with Crippen LogP contribution in [0.15, 0.2) is 73.2 Å². The number of carbonyl (C=O) groups excluding carboxylic acids is 1. The van der Waals surface area contributed by atoms with E-state index in [9.17, 15) is 13.6 Å². The van der Waals surface area contributed by atoms with Gasteiger partial charge in [0.25, 0.3) is 5.91 Å². The van der Waals surface area contributed by atoms with E-state index in [1.54, 1.807) is 43.8 Å². The molecule has 11 heteroatoms. The number of amides is 1. The Bertz CT molecular complexity index is 1710. The first-order valence-corrected chi connectivity index (χ1v) is 14.1. The van der Waals surface area contributed by atoms with Crippen LogP contribution in [0.4, 0.5) is 8.78 Å². The molecule has 220 valence electrons. The molecule has 0 radical (unpaired) electrons. The molecule has 3 aromatic carbocycles. The number of nitrogens with zero attached hydrogens (tertiary/aromatic N) is 5. The van der Waals surface area contributed by atoms with E-state index in [0.717, 1.165) is 65.7 Å². The summed E-state index contributed by atoms with van der Waals surface area (Å²) in [5, 5.41) is 11.6. The van der Waals surface area contributed by atoms with Crippen molar-refractivity contribution in [1.82, 2.24) is 30.3 Å². The lowest BCUT2D eigenvalue weighted by molar-refractivity contribution is 0.0940. The Morgan fingerprint density at radius 2 is 1.67 bits per heavy atom. The Morgan fingerprint density at radius 3 is 2.40 bits per heavy atom. The second kappa shape index (κ2) is 12.5. The number of halogens is 2. The summed E-state index contributed by atoms with van der Waals surface area (Å²) < 4.78 is 41.8. The molecule has 1 N–H and O–H groups in total. The maximum Gasteiger partial charge on any atom is 0.251 e. The molecule has 0 unspecified atom stereocenters. The van der Waals surface area contributed by atoms with Gasteiger partial charge in [-0.05, 0) is 73.6 Å². The summed E-state index contributed by atoms with van der Waals surface area (Å²) in [6.45, 7) is 0.395. The van der Waals surface area contributed by atoms with E-state index in [4.69, 9.17) is 9.47 Å². The largest absolute Gasteiger partial charge is 0.497 e. The number of carbonyl (C=O) groups is 1. The number of hydrogen-bond donors (Lipinski definition) is 1. The summed E-state index contributed by atoms with van der Waals surface area (Å²) in [5.74, 6) is -1.98. The molecule has 1 aliphatic carbocycles. The zero-order chi connectivity index (χ0) is 29.8. The molecular weight excluding hydrogens is 554 g/mol. The van der Waals surface area contributed by atoms with Crippen LogP contribution in [0.25, 0.3) is 22.3 Å². The highest BCUT2D eigenvalue weighted by Gasteiger charge is 2.25. The fraction of sp³-hybridized carbons (Fsp3) is 0.281. The molecule has 0 spiro atoms. The number of hydrogen-bond acceptors (Lipinski definition) is 7. The van der Waals surface area contributed by atoms with Crippen LogP contribution < -0.4 is 14.8 Å². The van der Waals surface area contributed by atoms with E-state index in [1.807, 2.05) is 29.1 Å². The van der Waals surface area contributed by atoms with E-state index < -0.39 is 23.3 Å². The van der Waals surface area contributed by atoms with Crippen LogP contribution in [0.2, 0.25) is 0 Å². The second-order valence-corrected chi connectivity index (χ2v) is 10.6. The number of nitrogens with one attached hydrogen (secondary N) is 1. The van der Waals surface area contributed by atoms with E-state index >= 15 is 0 Å². The van der Waals surface area contributed by atoms with Gasteiger partial charge in [0, 0.05) is 30.1 Å². The molecule has 0 atom stereocenters. The number of methoxy groups -OCH3 is 1. The monoisotopic (exact) mass is 584 g/mol. The van der Waals surface area contributed by atoms with Gasteiger partial charge in [0.2, 0.25) is 0 Å². The summed E-state index contributed by atoms with van der Waals surface area (Å²) in [4.78, 5) is 21.4. The third-order valence-electron chi connectivity index (χ3n) is 7.82. The lowest BCUT2D eigenvalue weighted by Gasteiger charge is -2.28. The van der Waals surface area contributed by atoms with Crippen molar-refractivity contribution in [2.45, 2.75) is 38.3 Å². The fourth-order valence-electron chi connectivity index (χ4n) is 5.37. The zero-order valence-electron chi connectivity index (χ0n) is 23.5. The first-order chi connectivity index (χ1) is 21.0. The predicted molar refractivity (Wildman–Crippen MR) is 156 cm³/mol. The molecule has 2 aromatic heterocycles. The lowest BCUT2D eigenvalue weighted by Crippen LogP contribution is -2.32. The Hall–Kier alpha value is -4.93. The van der Waals surface area contributed by atoms with Gasteiger partial charge in [0.15, 0.2) is 17.4 Å². The number of aromatic nitrogens is 5. The van der Waals surface area contributed by atoms with Gasteiger partial charge in [-0.1, -0.05) is 23.4 Å². The zero-order valence-corrected chi connectivity index (χ0v) is 23.5. The molecule has 5 aromatic rings. The van der Waals surface area contributed by atoms with Crippen LogP contribution in [-0.2, 0) is 6.61 Å². The summed E-state index contributed by atoms with van der Waals surface area (Å²) in [5.41, 5.74) is 3.97. The van der Waals surface area contributed by atoms with Crippen molar-refractivity contribution < 1.29 is 23.0 Å². The molecule has 9 nitrogen and oxygen atoms in total. The minimum absolute atomic E-state index is 0.0272. The number of rotatable bonds is 9. The molecule has 43 heavy (non-hydrogen) atoms. The average molecular weight is 585 g/mol. The molecule has 2 heterocycles.